The van der Waals surface area contributed by atoms with Gasteiger partial charge in [0.05, 0.1) is 5.75 Å². The molecule has 0 spiro atoms. The van der Waals surface area contributed by atoms with E-state index in [4.69, 9.17) is 0 Å². The van der Waals surface area contributed by atoms with Gasteiger partial charge in [-0.2, -0.15) is 0 Å². The molecule has 1 aliphatic carbocycles. The van der Waals surface area contributed by atoms with Crippen molar-refractivity contribution < 1.29 is 8.42 Å². The number of rotatable bonds is 8. The average Bonchev–Trinajstić information content (AvgIpc) is 2.38. The van der Waals surface area contributed by atoms with Gasteiger partial charge in [-0.05, 0) is 37.6 Å². The second kappa shape index (κ2) is 7.49. The molecule has 0 radical (unpaired) electrons. The van der Waals surface area contributed by atoms with E-state index in [1.54, 1.807) is 6.92 Å². The molecule has 0 atom stereocenters. The number of sulfone groups is 1. The predicted molar refractivity (Wildman–Crippen MR) is 77.6 cm³/mol. The van der Waals surface area contributed by atoms with E-state index >= 15 is 0 Å². The molecule has 1 saturated carbocycles. The Balaban J connectivity index is 2.54. The fourth-order valence-corrected chi connectivity index (χ4v) is 3.90. The van der Waals surface area contributed by atoms with Crippen molar-refractivity contribution in [2.75, 3.05) is 24.6 Å². The van der Waals surface area contributed by atoms with E-state index in [2.05, 4.69) is 12.2 Å². The van der Waals surface area contributed by atoms with Gasteiger partial charge in [0, 0.05) is 12.3 Å². The van der Waals surface area contributed by atoms with E-state index in [9.17, 15) is 8.42 Å². The zero-order chi connectivity index (χ0) is 13.5. The first-order valence-corrected chi connectivity index (χ1v) is 9.27. The molecule has 0 amide bonds. The lowest BCUT2D eigenvalue weighted by atomic mass is 9.72. The van der Waals surface area contributed by atoms with Crippen molar-refractivity contribution in [2.24, 2.45) is 5.41 Å². The van der Waals surface area contributed by atoms with Gasteiger partial charge < -0.3 is 5.32 Å². The highest BCUT2D eigenvalue weighted by atomic mass is 32.2. The average molecular weight is 275 g/mol. The molecule has 0 saturated heterocycles. The fraction of sp³-hybridized carbons (Fsp3) is 1.00. The summed E-state index contributed by atoms with van der Waals surface area (Å²) >= 11 is 0. The van der Waals surface area contributed by atoms with Gasteiger partial charge in [-0.3, -0.25) is 0 Å². The molecule has 3 nitrogen and oxygen atoms in total. The van der Waals surface area contributed by atoms with Crippen LogP contribution >= 0.6 is 0 Å². The molecule has 0 bridgehead atoms. The molecule has 0 aromatic rings. The van der Waals surface area contributed by atoms with Crippen LogP contribution in [0.15, 0.2) is 0 Å². The van der Waals surface area contributed by atoms with Crippen LogP contribution < -0.4 is 5.32 Å². The summed E-state index contributed by atoms with van der Waals surface area (Å²) in [4.78, 5) is 0. The molecular weight excluding hydrogens is 246 g/mol. The Hall–Kier alpha value is -0.0900. The summed E-state index contributed by atoms with van der Waals surface area (Å²) in [7, 11) is -2.82. The summed E-state index contributed by atoms with van der Waals surface area (Å²) in [6.45, 7) is 5.96. The van der Waals surface area contributed by atoms with Gasteiger partial charge in [-0.25, -0.2) is 8.42 Å². The SMILES string of the molecule is CCCNCC1(CCS(=O)(=O)CC)CCCCC1. The summed E-state index contributed by atoms with van der Waals surface area (Å²) in [6.07, 6.45) is 8.23. The van der Waals surface area contributed by atoms with Crippen LogP contribution in [0, 0.1) is 5.41 Å². The normalized spacial score (nSPS) is 19.9. The first-order valence-electron chi connectivity index (χ1n) is 7.45. The molecule has 0 aromatic carbocycles. The second-order valence-corrected chi connectivity index (χ2v) is 8.20. The quantitative estimate of drug-likeness (QED) is 0.693. The Morgan fingerprint density at radius 2 is 1.78 bits per heavy atom. The van der Waals surface area contributed by atoms with Gasteiger partial charge in [0.25, 0.3) is 0 Å². The van der Waals surface area contributed by atoms with E-state index < -0.39 is 9.84 Å². The van der Waals surface area contributed by atoms with Crippen LogP contribution in [0.3, 0.4) is 0 Å². The maximum Gasteiger partial charge on any atom is 0.150 e. The van der Waals surface area contributed by atoms with Crippen LogP contribution in [0.25, 0.3) is 0 Å². The van der Waals surface area contributed by atoms with Crippen molar-refractivity contribution in [3.63, 3.8) is 0 Å². The van der Waals surface area contributed by atoms with Gasteiger partial charge in [0.2, 0.25) is 0 Å². The summed E-state index contributed by atoms with van der Waals surface area (Å²) < 4.78 is 23.4. The van der Waals surface area contributed by atoms with Crippen LogP contribution in [-0.4, -0.2) is 33.0 Å². The Morgan fingerprint density at radius 1 is 1.11 bits per heavy atom. The lowest BCUT2D eigenvalue weighted by Crippen LogP contribution is -2.38. The lowest BCUT2D eigenvalue weighted by Gasteiger charge is -2.37. The highest BCUT2D eigenvalue weighted by Gasteiger charge is 2.32. The topological polar surface area (TPSA) is 46.2 Å². The zero-order valence-corrected chi connectivity index (χ0v) is 12.8. The smallest absolute Gasteiger partial charge is 0.150 e. The summed E-state index contributed by atoms with van der Waals surface area (Å²) in [5.74, 6) is 0.656. The van der Waals surface area contributed by atoms with E-state index in [1.807, 2.05) is 0 Å². The summed E-state index contributed by atoms with van der Waals surface area (Å²) in [5.41, 5.74) is 0.246. The van der Waals surface area contributed by atoms with Gasteiger partial charge >= 0.3 is 0 Å². The molecule has 1 fully saturated rings. The number of hydrogen-bond donors (Lipinski definition) is 1. The Kier molecular flexibility index (Phi) is 6.64. The maximum absolute atomic E-state index is 11.7. The number of nitrogens with one attached hydrogen (secondary N) is 1. The molecule has 0 aromatic heterocycles. The third-order valence-electron chi connectivity index (χ3n) is 4.22. The minimum atomic E-state index is -2.82. The molecule has 108 valence electrons. The zero-order valence-electron chi connectivity index (χ0n) is 12.0. The summed E-state index contributed by atoms with van der Waals surface area (Å²) in [5, 5.41) is 3.51. The van der Waals surface area contributed by atoms with Crippen molar-refractivity contribution in [3.8, 4) is 0 Å². The van der Waals surface area contributed by atoms with E-state index in [1.165, 1.54) is 32.1 Å². The molecule has 0 aliphatic heterocycles. The Labute approximate surface area is 113 Å². The fourth-order valence-electron chi connectivity index (χ4n) is 2.86. The van der Waals surface area contributed by atoms with Crippen LogP contribution in [-0.2, 0) is 9.84 Å². The van der Waals surface area contributed by atoms with E-state index in [0.29, 0.717) is 5.75 Å². The minimum Gasteiger partial charge on any atom is -0.316 e. The van der Waals surface area contributed by atoms with E-state index in [0.717, 1.165) is 25.9 Å². The van der Waals surface area contributed by atoms with Crippen molar-refractivity contribution in [2.45, 2.75) is 58.8 Å². The van der Waals surface area contributed by atoms with Gasteiger partial charge in [-0.1, -0.05) is 33.1 Å². The standard InChI is InChI=1S/C14H29NO2S/c1-3-11-15-13-14(8-6-5-7-9-14)10-12-18(16,17)4-2/h15H,3-13H2,1-2H3. The lowest BCUT2D eigenvalue weighted by molar-refractivity contribution is 0.176. The van der Waals surface area contributed by atoms with Crippen molar-refractivity contribution >= 4 is 9.84 Å². The molecule has 0 unspecified atom stereocenters. The van der Waals surface area contributed by atoms with Crippen molar-refractivity contribution in [1.82, 2.24) is 5.32 Å². The van der Waals surface area contributed by atoms with E-state index in [-0.39, 0.29) is 11.2 Å². The molecule has 1 rings (SSSR count). The van der Waals surface area contributed by atoms with Crippen molar-refractivity contribution in [1.29, 1.82) is 0 Å². The monoisotopic (exact) mass is 275 g/mol. The third-order valence-corrected chi connectivity index (χ3v) is 5.93. The third kappa shape index (κ3) is 5.27. The largest absolute Gasteiger partial charge is 0.316 e. The molecular formula is C14H29NO2S. The minimum absolute atomic E-state index is 0.246. The first kappa shape index (κ1) is 16.0. The van der Waals surface area contributed by atoms with Crippen LogP contribution in [0.4, 0.5) is 0 Å². The molecule has 0 heterocycles. The van der Waals surface area contributed by atoms with Crippen LogP contribution in [0.5, 0.6) is 0 Å². The van der Waals surface area contributed by atoms with Gasteiger partial charge in [0.1, 0.15) is 9.84 Å². The van der Waals surface area contributed by atoms with Gasteiger partial charge in [-0.15, -0.1) is 0 Å². The molecule has 1 N–H and O–H groups in total. The second-order valence-electron chi connectivity index (χ2n) is 5.72. The van der Waals surface area contributed by atoms with Crippen LogP contribution in [0.2, 0.25) is 0 Å². The Bertz CT molecular complexity index is 319. The molecule has 1 aliphatic rings. The predicted octanol–water partition coefficient (Wildman–Crippen LogP) is 2.76. The highest BCUT2D eigenvalue weighted by molar-refractivity contribution is 7.91. The summed E-state index contributed by atoms with van der Waals surface area (Å²) in [6, 6.07) is 0. The molecule has 4 heteroatoms. The van der Waals surface area contributed by atoms with Crippen molar-refractivity contribution in [3.05, 3.63) is 0 Å². The number of hydrogen-bond acceptors (Lipinski definition) is 3. The molecule has 18 heavy (non-hydrogen) atoms. The maximum atomic E-state index is 11.7. The highest BCUT2D eigenvalue weighted by Crippen LogP contribution is 2.39. The Morgan fingerprint density at radius 3 is 2.33 bits per heavy atom. The van der Waals surface area contributed by atoms with Gasteiger partial charge in [0.15, 0.2) is 0 Å². The first-order chi connectivity index (χ1) is 8.54. The van der Waals surface area contributed by atoms with Crippen LogP contribution in [0.1, 0.15) is 58.8 Å².